The maximum Gasteiger partial charge on any atom is 0.161 e. The Bertz CT molecular complexity index is 2880. The van der Waals surface area contributed by atoms with Crippen molar-refractivity contribution in [3.63, 3.8) is 0 Å². The van der Waals surface area contributed by atoms with E-state index in [1.807, 2.05) is 0 Å². The zero-order valence-corrected chi connectivity index (χ0v) is 29.5. The van der Waals surface area contributed by atoms with E-state index in [0.29, 0.717) is 5.82 Å². The molecule has 9 aromatic carbocycles. The predicted octanol–water partition coefficient (Wildman–Crippen LogP) is 13.9. The Hall–Kier alpha value is -7.16. The number of nitrogens with zero attached hydrogens (tertiary/aromatic N) is 2. The van der Waals surface area contributed by atoms with Gasteiger partial charge in [0.05, 0.1) is 11.4 Å². The van der Waals surface area contributed by atoms with Gasteiger partial charge in [-0.2, -0.15) is 0 Å². The number of hydrogen-bond acceptors (Lipinski definition) is 2. The van der Waals surface area contributed by atoms with Gasteiger partial charge in [0.2, 0.25) is 0 Å². The lowest BCUT2D eigenvalue weighted by molar-refractivity contribution is 1.19. The molecule has 0 unspecified atom stereocenters. The Morgan fingerprint density at radius 2 is 0.704 bits per heavy atom. The summed E-state index contributed by atoms with van der Waals surface area (Å²) in [6.07, 6.45) is 0. The molecule has 0 fully saturated rings. The second kappa shape index (κ2) is 13.4. The van der Waals surface area contributed by atoms with Gasteiger partial charge in [-0.25, -0.2) is 9.97 Å². The highest BCUT2D eigenvalue weighted by Crippen LogP contribution is 2.37. The van der Waals surface area contributed by atoms with E-state index in [-0.39, 0.29) is 0 Å². The second-order valence-corrected chi connectivity index (χ2v) is 13.9. The zero-order chi connectivity index (χ0) is 35.8. The molecule has 0 aliphatic heterocycles. The van der Waals surface area contributed by atoms with Crippen molar-refractivity contribution in [2.45, 2.75) is 0 Å². The normalized spacial score (nSPS) is 11.3. The van der Waals surface area contributed by atoms with Gasteiger partial charge in [0.15, 0.2) is 5.82 Å². The van der Waals surface area contributed by atoms with Crippen LogP contribution in [0.4, 0.5) is 0 Å². The molecule has 0 bridgehead atoms. The molecule has 0 spiro atoms. The Kier molecular flexibility index (Phi) is 7.85. The first kappa shape index (κ1) is 31.6. The smallest absolute Gasteiger partial charge is 0.161 e. The first-order chi connectivity index (χ1) is 26.7. The van der Waals surface area contributed by atoms with Crippen LogP contribution in [0.2, 0.25) is 0 Å². The molecule has 0 aliphatic rings. The highest BCUT2D eigenvalue weighted by Gasteiger charge is 2.16. The van der Waals surface area contributed by atoms with Crippen LogP contribution in [0, 0.1) is 0 Å². The van der Waals surface area contributed by atoms with E-state index in [1.165, 1.54) is 32.7 Å². The van der Waals surface area contributed by atoms with Gasteiger partial charge in [-0.1, -0.05) is 170 Å². The molecule has 0 saturated carbocycles. The number of benzene rings is 9. The molecule has 252 valence electrons. The summed E-state index contributed by atoms with van der Waals surface area (Å²) in [5.74, 6) is 0.704. The summed E-state index contributed by atoms with van der Waals surface area (Å²) < 4.78 is 0. The lowest BCUT2D eigenvalue weighted by Crippen LogP contribution is -1.97. The van der Waals surface area contributed by atoms with Crippen molar-refractivity contribution in [1.29, 1.82) is 0 Å². The van der Waals surface area contributed by atoms with Crippen LogP contribution in [0.15, 0.2) is 206 Å². The van der Waals surface area contributed by atoms with Gasteiger partial charge < -0.3 is 0 Å². The van der Waals surface area contributed by atoms with E-state index in [1.54, 1.807) is 0 Å². The number of aromatic nitrogens is 2. The monoisotopic (exact) mass is 686 g/mol. The highest BCUT2D eigenvalue weighted by molar-refractivity contribution is 5.96. The van der Waals surface area contributed by atoms with Crippen molar-refractivity contribution in [3.8, 4) is 67.3 Å². The molecule has 0 saturated heterocycles. The van der Waals surface area contributed by atoms with Crippen LogP contribution in [0.3, 0.4) is 0 Å². The Labute approximate surface area is 314 Å². The topological polar surface area (TPSA) is 25.8 Å². The first-order valence-corrected chi connectivity index (χ1v) is 18.4. The summed E-state index contributed by atoms with van der Waals surface area (Å²) in [4.78, 5) is 10.6. The SMILES string of the molecule is c1ccc(-c2ccc(-c3cc(-c4cc(-c5ccc6ccccc6c5)cc(-c5ccc6ccccc6c5)c4)nc(-c4cccc5ccccc45)n3)cc2)cc1. The molecule has 2 nitrogen and oxygen atoms in total. The molecule has 0 amide bonds. The van der Waals surface area contributed by atoms with Crippen LogP contribution in [0.5, 0.6) is 0 Å². The fourth-order valence-corrected chi connectivity index (χ4v) is 7.59. The molecular formula is C52H34N2. The van der Waals surface area contributed by atoms with E-state index < -0.39 is 0 Å². The number of hydrogen-bond donors (Lipinski definition) is 0. The third kappa shape index (κ3) is 6.00. The van der Waals surface area contributed by atoms with Crippen molar-refractivity contribution >= 4 is 32.3 Å². The van der Waals surface area contributed by atoms with Crippen molar-refractivity contribution in [2.24, 2.45) is 0 Å². The summed E-state index contributed by atoms with van der Waals surface area (Å²) in [5, 5.41) is 7.18. The molecule has 1 aromatic heterocycles. The van der Waals surface area contributed by atoms with Gasteiger partial charge in [0.1, 0.15) is 0 Å². The van der Waals surface area contributed by atoms with Crippen LogP contribution in [-0.2, 0) is 0 Å². The van der Waals surface area contributed by atoms with Gasteiger partial charge in [0, 0.05) is 16.7 Å². The predicted molar refractivity (Wildman–Crippen MR) is 227 cm³/mol. The molecule has 0 aliphatic carbocycles. The van der Waals surface area contributed by atoms with Crippen molar-refractivity contribution in [3.05, 3.63) is 206 Å². The van der Waals surface area contributed by atoms with Crippen molar-refractivity contribution < 1.29 is 0 Å². The molecule has 2 heteroatoms. The summed E-state index contributed by atoms with van der Waals surface area (Å²) in [5.41, 5.74) is 11.8. The van der Waals surface area contributed by atoms with Gasteiger partial charge in [-0.15, -0.1) is 0 Å². The Morgan fingerprint density at radius 1 is 0.241 bits per heavy atom. The van der Waals surface area contributed by atoms with Crippen LogP contribution in [0.25, 0.3) is 99.6 Å². The van der Waals surface area contributed by atoms with E-state index in [0.717, 1.165) is 61.1 Å². The zero-order valence-electron chi connectivity index (χ0n) is 29.5. The van der Waals surface area contributed by atoms with Crippen molar-refractivity contribution in [1.82, 2.24) is 9.97 Å². The fraction of sp³-hybridized carbons (Fsp3) is 0. The van der Waals surface area contributed by atoms with Crippen LogP contribution < -0.4 is 0 Å². The average Bonchev–Trinajstić information content (AvgIpc) is 3.26. The third-order valence-corrected chi connectivity index (χ3v) is 10.4. The molecule has 0 atom stereocenters. The Morgan fingerprint density at radius 3 is 1.35 bits per heavy atom. The minimum Gasteiger partial charge on any atom is -0.228 e. The first-order valence-electron chi connectivity index (χ1n) is 18.4. The molecule has 0 N–H and O–H groups in total. The average molecular weight is 687 g/mol. The lowest BCUT2D eigenvalue weighted by Gasteiger charge is -2.15. The summed E-state index contributed by atoms with van der Waals surface area (Å²) in [7, 11) is 0. The minimum absolute atomic E-state index is 0.704. The standard InChI is InChI=1S/C52H34N2/c1-2-11-35(12-3-1)38-21-25-40(26-22-38)50-34-51(54-52(53-50)49-20-10-18-39-15-8-9-19-48(39)49)47-32-45(43-27-23-36-13-4-6-16-41(36)29-43)31-46(33-47)44-28-24-37-14-5-7-17-42(37)30-44/h1-34H. The number of rotatable bonds is 6. The van der Waals surface area contributed by atoms with Gasteiger partial charge in [0.25, 0.3) is 0 Å². The van der Waals surface area contributed by atoms with Crippen LogP contribution in [0.1, 0.15) is 0 Å². The van der Waals surface area contributed by atoms with Gasteiger partial charge in [-0.05, 0) is 102 Å². The Balaban J connectivity index is 1.19. The maximum absolute atomic E-state index is 5.37. The summed E-state index contributed by atoms with van der Waals surface area (Å²) in [6.45, 7) is 0. The fourth-order valence-electron chi connectivity index (χ4n) is 7.59. The summed E-state index contributed by atoms with van der Waals surface area (Å²) >= 11 is 0. The quantitative estimate of drug-likeness (QED) is 0.174. The molecule has 54 heavy (non-hydrogen) atoms. The van der Waals surface area contributed by atoms with E-state index >= 15 is 0 Å². The van der Waals surface area contributed by atoms with E-state index in [4.69, 9.17) is 9.97 Å². The molecule has 0 radical (unpaired) electrons. The molecular weight excluding hydrogens is 653 g/mol. The summed E-state index contributed by atoms with van der Waals surface area (Å²) in [6, 6.07) is 73.7. The third-order valence-electron chi connectivity index (χ3n) is 10.4. The van der Waals surface area contributed by atoms with Gasteiger partial charge in [-0.3, -0.25) is 0 Å². The second-order valence-electron chi connectivity index (χ2n) is 13.9. The van der Waals surface area contributed by atoms with E-state index in [2.05, 4.69) is 206 Å². The maximum atomic E-state index is 5.37. The molecule has 10 rings (SSSR count). The number of fused-ring (bicyclic) bond motifs is 3. The van der Waals surface area contributed by atoms with Crippen LogP contribution in [-0.4, -0.2) is 9.97 Å². The lowest BCUT2D eigenvalue weighted by atomic mass is 9.92. The van der Waals surface area contributed by atoms with Crippen molar-refractivity contribution in [2.75, 3.05) is 0 Å². The van der Waals surface area contributed by atoms with Gasteiger partial charge >= 0.3 is 0 Å². The highest BCUT2D eigenvalue weighted by atomic mass is 14.9. The minimum atomic E-state index is 0.704. The van der Waals surface area contributed by atoms with Crippen LogP contribution >= 0.6 is 0 Å². The largest absolute Gasteiger partial charge is 0.228 e. The molecule has 1 heterocycles. The van der Waals surface area contributed by atoms with E-state index in [9.17, 15) is 0 Å². The molecule has 10 aromatic rings.